The molecule has 156 valence electrons. The summed E-state index contributed by atoms with van der Waals surface area (Å²) in [7, 11) is 0. The first-order valence-electron chi connectivity index (χ1n) is 9.86. The van der Waals surface area contributed by atoms with Gasteiger partial charge in [-0.3, -0.25) is 14.8 Å². The first kappa shape index (κ1) is 21.2. The standard InChI is InChI=1S/C23H26FN5O/c1-5-29-17(4)19(16(3)28-29)14-25-23(26-21-12-7-6-11-20(21)24)27-22(30)18-10-8-9-15(2)13-18/h6-13H,5,14H2,1-4H3,(H2,25,26,27,30). The van der Waals surface area contributed by atoms with E-state index in [9.17, 15) is 9.18 Å². The second-order valence-electron chi connectivity index (χ2n) is 7.06. The van der Waals surface area contributed by atoms with Crippen LogP contribution in [0.1, 0.15) is 39.8 Å². The Morgan fingerprint density at radius 3 is 2.57 bits per heavy atom. The molecule has 0 bridgehead atoms. The number of carbonyl (C=O) groups is 1. The predicted octanol–water partition coefficient (Wildman–Crippen LogP) is 4.37. The van der Waals surface area contributed by atoms with Crippen molar-refractivity contribution in [1.82, 2.24) is 15.1 Å². The number of hydrogen-bond donors (Lipinski definition) is 2. The minimum Gasteiger partial charge on any atom is -0.323 e. The number of anilines is 1. The summed E-state index contributed by atoms with van der Waals surface area (Å²) >= 11 is 0. The maximum atomic E-state index is 14.2. The van der Waals surface area contributed by atoms with Crippen LogP contribution in [0.4, 0.5) is 10.1 Å². The first-order valence-corrected chi connectivity index (χ1v) is 9.86. The van der Waals surface area contributed by atoms with Crippen LogP contribution in [0.2, 0.25) is 0 Å². The van der Waals surface area contributed by atoms with Crippen molar-refractivity contribution >= 4 is 17.6 Å². The van der Waals surface area contributed by atoms with Gasteiger partial charge in [0.15, 0.2) is 0 Å². The molecule has 0 radical (unpaired) electrons. The minimum absolute atomic E-state index is 0.176. The number of carbonyl (C=O) groups excluding carboxylic acids is 1. The summed E-state index contributed by atoms with van der Waals surface area (Å²) in [6.45, 7) is 8.94. The number of aromatic nitrogens is 2. The van der Waals surface area contributed by atoms with Crippen molar-refractivity contribution in [1.29, 1.82) is 0 Å². The molecule has 3 aromatic rings. The quantitative estimate of drug-likeness (QED) is 0.487. The zero-order valence-electron chi connectivity index (χ0n) is 17.7. The summed E-state index contributed by atoms with van der Waals surface area (Å²) < 4.78 is 16.1. The Hall–Kier alpha value is -3.48. The summed E-state index contributed by atoms with van der Waals surface area (Å²) in [6, 6.07) is 13.5. The molecular formula is C23H26FN5O. The molecule has 6 nitrogen and oxygen atoms in total. The average molecular weight is 407 g/mol. The van der Waals surface area contributed by atoms with E-state index in [-0.39, 0.29) is 17.6 Å². The van der Waals surface area contributed by atoms with Crippen LogP contribution in [-0.2, 0) is 13.1 Å². The van der Waals surface area contributed by atoms with E-state index in [1.807, 2.05) is 44.5 Å². The highest BCUT2D eigenvalue weighted by Crippen LogP contribution is 2.16. The molecule has 7 heteroatoms. The third-order valence-electron chi connectivity index (χ3n) is 4.87. The molecule has 0 aliphatic rings. The zero-order valence-corrected chi connectivity index (χ0v) is 17.7. The second kappa shape index (κ2) is 9.35. The van der Waals surface area contributed by atoms with Gasteiger partial charge in [-0.2, -0.15) is 5.10 Å². The zero-order chi connectivity index (χ0) is 21.7. The van der Waals surface area contributed by atoms with Gasteiger partial charge in [-0.15, -0.1) is 0 Å². The summed E-state index contributed by atoms with van der Waals surface area (Å²) in [5.74, 6) is -0.574. The van der Waals surface area contributed by atoms with E-state index < -0.39 is 5.82 Å². The summed E-state index contributed by atoms with van der Waals surface area (Å²) in [5.41, 5.74) is 4.60. The molecule has 1 heterocycles. The topological polar surface area (TPSA) is 71.3 Å². The van der Waals surface area contributed by atoms with Crippen LogP contribution in [0.25, 0.3) is 0 Å². The minimum atomic E-state index is -0.429. The molecule has 30 heavy (non-hydrogen) atoms. The maximum absolute atomic E-state index is 14.2. The van der Waals surface area contributed by atoms with Crippen LogP contribution >= 0.6 is 0 Å². The lowest BCUT2D eigenvalue weighted by atomic mass is 10.1. The highest BCUT2D eigenvalue weighted by atomic mass is 19.1. The molecule has 0 saturated heterocycles. The van der Waals surface area contributed by atoms with Crippen LogP contribution in [0.5, 0.6) is 0 Å². The largest absolute Gasteiger partial charge is 0.323 e. The van der Waals surface area contributed by atoms with E-state index in [1.54, 1.807) is 30.3 Å². The lowest BCUT2D eigenvalue weighted by Gasteiger charge is -2.13. The number of rotatable bonds is 5. The van der Waals surface area contributed by atoms with E-state index >= 15 is 0 Å². The second-order valence-corrected chi connectivity index (χ2v) is 7.06. The number of aryl methyl sites for hydroxylation is 3. The third-order valence-corrected chi connectivity index (χ3v) is 4.87. The monoisotopic (exact) mass is 407 g/mol. The first-order chi connectivity index (χ1) is 14.4. The summed E-state index contributed by atoms with van der Waals surface area (Å²) in [4.78, 5) is 17.3. The molecule has 1 amide bonds. The number of aliphatic imine (C=N–C) groups is 1. The van der Waals surface area contributed by atoms with Crippen LogP contribution in [0.3, 0.4) is 0 Å². The summed E-state index contributed by atoms with van der Waals surface area (Å²) in [6.07, 6.45) is 0. The van der Waals surface area contributed by atoms with Crippen molar-refractivity contribution in [3.05, 3.63) is 82.4 Å². The molecule has 0 aliphatic heterocycles. The van der Waals surface area contributed by atoms with Crippen LogP contribution in [0, 0.1) is 26.6 Å². The van der Waals surface area contributed by atoms with Crippen LogP contribution in [-0.4, -0.2) is 21.6 Å². The smallest absolute Gasteiger partial charge is 0.257 e. The fraction of sp³-hybridized carbons (Fsp3) is 0.261. The average Bonchev–Trinajstić information content (AvgIpc) is 3.00. The number of halogens is 1. The van der Waals surface area contributed by atoms with Gasteiger partial charge in [-0.05, 0) is 52.0 Å². The van der Waals surface area contributed by atoms with E-state index in [0.29, 0.717) is 12.1 Å². The van der Waals surface area contributed by atoms with Crippen LogP contribution < -0.4 is 10.6 Å². The molecular weight excluding hydrogens is 381 g/mol. The maximum Gasteiger partial charge on any atom is 0.257 e. The molecule has 0 unspecified atom stereocenters. The number of guanidine groups is 1. The van der Waals surface area contributed by atoms with Crippen molar-refractivity contribution < 1.29 is 9.18 Å². The SMILES string of the molecule is CCn1nc(C)c(CN=C(NC(=O)c2cccc(C)c2)Nc2ccccc2F)c1C. The molecule has 3 rings (SSSR count). The van der Waals surface area contributed by atoms with E-state index in [2.05, 4.69) is 20.7 Å². The molecule has 0 atom stereocenters. The summed E-state index contributed by atoms with van der Waals surface area (Å²) in [5, 5.41) is 10.2. The number of nitrogens with zero attached hydrogens (tertiary/aromatic N) is 3. The van der Waals surface area contributed by atoms with Crippen molar-refractivity contribution in [2.24, 2.45) is 4.99 Å². The number of hydrogen-bond acceptors (Lipinski definition) is 3. The van der Waals surface area contributed by atoms with Gasteiger partial charge in [0.1, 0.15) is 5.82 Å². The Bertz CT molecular complexity index is 1090. The number of amides is 1. The highest BCUT2D eigenvalue weighted by Gasteiger charge is 2.14. The number of nitrogens with one attached hydrogen (secondary N) is 2. The molecule has 0 spiro atoms. The predicted molar refractivity (Wildman–Crippen MR) is 117 cm³/mol. The molecule has 2 N–H and O–H groups in total. The van der Waals surface area contributed by atoms with Crippen molar-refractivity contribution in [2.45, 2.75) is 40.8 Å². The molecule has 0 aliphatic carbocycles. The Morgan fingerprint density at radius 1 is 1.13 bits per heavy atom. The van der Waals surface area contributed by atoms with Gasteiger partial charge in [0.25, 0.3) is 5.91 Å². The number of para-hydroxylation sites is 1. The Kier molecular flexibility index (Phi) is 6.61. The Morgan fingerprint density at radius 2 is 1.90 bits per heavy atom. The van der Waals surface area contributed by atoms with Crippen molar-refractivity contribution in [2.75, 3.05) is 5.32 Å². The molecule has 1 aromatic heterocycles. The fourth-order valence-electron chi connectivity index (χ4n) is 3.20. The van der Waals surface area contributed by atoms with Gasteiger partial charge in [0.2, 0.25) is 5.96 Å². The van der Waals surface area contributed by atoms with Gasteiger partial charge in [0.05, 0.1) is 17.9 Å². The van der Waals surface area contributed by atoms with Crippen molar-refractivity contribution in [3.8, 4) is 0 Å². The Balaban J connectivity index is 1.89. The van der Waals surface area contributed by atoms with Crippen LogP contribution in [0.15, 0.2) is 53.5 Å². The normalized spacial score (nSPS) is 11.4. The fourth-order valence-corrected chi connectivity index (χ4v) is 3.20. The highest BCUT2D eigenvalue weighted by molar-refractivity contribution is 6.10. The molecule has 0 fully saturated rings. The Labute approximate surface area is 175 Å². The van der Waals surface area contributed by atoms with Gasteiger partial charge in [-0.1, -0.05) is 29.8 Å². The van der Waals surface area contributed by atoms with Gasteiger partial charge in [0, 0.05) is 23.4 Å². The van der Waals surface area contributed by atoms with E-state index in [0.717, 1.165) is 29.1 Å². The molecule has 0 saturated carbocycles. The van der Waals surface area contributed by atoms with Gasteiger partial charge in [-0.25, -0.2) is 9.38 Å². The van der Waals surface area contributed by atoms with Gasteiger partial charge >= 0.3 is 0 Å². The molecule has 2 aromatic carbocycles. The van der Waals surface area contributed by atoms with E-state index in [1.165, 1.54) is 6.07 Å². The van der Waals surface area contributed by atoms with Crippen molar-refractivity contribution in [3.63, 3.8) is 0 Å². The van der Waals surface area contributed by atoms with E-state index in [4.69, 9.17) is 0 Å². The lowest BCUT2D eigenvalue weighted by molar-refractivity contribution is 0.0976. The number of benzene rings is 2. The van der Waals surface area contributed by atoms with Gasteiger partial charge < -0.3 is 5.32 Å². The third kappa shape index (κ3) is 4.92. The lowest BCUT2D eigenvalue weighted by Crippen LogP contribution is -2.36.